The van der Waals surface area contributed by atoms with Gasteiger partial charge in [-0.15, -0.1) is 27.7 Å². The zero-order chi connectivity index (χ0) is 30.7. The van der Waals surface area contributed by atoms with Crippen molar-refractivity contribution in [1.82, 2.24) is 0 Å². The molecule has 18 heteroatoms. The molecular weight excluding hydrogens is 690 g/mol. The third-order valence-corrected chi connectivity index (χ3v) is 10.3. The Balaban J connectivity index is -0.000000524. The molecule has 0 aliphatic carbocycles. The third-order valence-electron chi connectivity index (χ3n) is 5.50. The van der Waals surface area contributed by atoms with E-state index in [9.17, 15) is 38.9 Å². The molecule has 0 aliphatic heterocycles. The smallest absolute Gasteiger partial charge is 0.744 e. The van der Waals surface area contributed by atoms with Gasteiger partial charge in [0.1, 0.15) is 30.4 Å². The number of benzene rings is 3. The molecule has 0 saturated heterocycles. The zero-order valence-corrected chi connectivity index (χ0v) is 37.0. The summed E-state index contributed by atoms with van der Waals surface area (Å²) in [4.78, 5) is -0.408. The first-order valence-corrected chi connectivity index (χ1v) is 16.9. The van der Waals surface area contributed by atoms with Crippen LogP contribution in [0.4, 0.5) is 0 Å². The summed E-state index contributed by atoms with van der Waals surface area (Å²) in [5.74, 6) is 0. The Morgan fingerprint density at radius 2 is 0.571 bits per heavy atom. The van der Waals surface area contributed by atoms with Crippen molar-refractivity contribution < 1.29 is 128 Å². The molecule has 0 amide bonds. The number of aryl methyl sites for hydroxylation is 6. The summed E-state index contributed by atoms with van der Waals surface area (Å²) in [5.41, 5.74) is 4.36. The van der Waals surface area contributed by atoms with Crippen molar-refractivity contribution >= 4 is 74.0 Å². The number of rotatable bonds is 3. The van der Waals surface area contributed by atoms with E-state index in [0.717, 1.165) is 32.6 Å². The maximum atomic E-state index is 10.8. The van der Waals surface area contributed by atoms with E-state index in [1.807, 2.05) is 20.8 Å². The van der Waals surface area contributed by atoms with Crippen LogP contribution in [0.2, 0.25) is 0 Å². The van der Waals surface area contributed by atoms with Crippen molar-refractivity contribution in [3.05, 3.63) is 69.8 Å². The monoisotopic (exact) mass is 720 g/mol. The van der Waals surface area contributed by atoms with Gasteiger partial charge in [0.05, 0.1) is 14.7 Å². The topological polar surface area (TPSA) is 172 Å². The molecule has 42 heavy (non-hydrogen) atoms. The Morgan fingerprint density at radius 1 is 0.405 bits per heavy atom. The molecule has 0 saturated carbocycles. The van der Waals surface area contributed by atoms with E-state index < -0.39 is 30.4 Å². The van der Waals surface area contributed by atoms with Gasteiger partial charge in [0.15, 0.2) is 0 Å². The first-order chi connectivity index (χ1) is 17.5. The quantitative estimate of drug-likeness (QED) is 0.145. The fourth-order valence-corrected chi connectivity index (χ4v) is 6.64. The van der Waals surface area contributed by atoms with Crippen LogP contribution >= 0.6 is 27.7 Å². The summed E-state index contributed by atoms with van der Waals surface area (Å²) in [6.07, 6.45) is 0. The van der Waals surface area contributed by atoms with Crippen LogP contribution in [0.1, 0.15) is 33.4 Å². The maximum absolute atomic E-state index is 10.8. The average Bonchev–Trinajstić information content (AvgIpc) is 2.74. The minimum atomic E-state index is -4.34. The maximum Gasteiger partial charge on any atom is 1.00 e. The normalized spacial score (nSPS) is 10.9. The molecule has 0 spiro atoms. The van der Waals surface area contributed by atoms with Crippen LogP contribution in [0, 0.1) is 41.5 Å². The van der Waals surface area contributed by atoms with Crippen molar-refractivity contribution in [2.45, 2.75) is 56.2 Å². The van der Waals surface area contributed by atoms with Gasteiger partial charge >= 0.3 is 88.7 Å². The minimum Gasteiger partial charge on any atom is -0.744 e. The number of hydrogen-bond donors (Lipinski definition) is 0. The molecule has 216 valence electrons. The van der Waals surface area contributed by atoms with Crippen LogP contribution in [0.15, 0.2) is 51.1 Å². The average molecular weight is 721 g/mol. The zero-order valence-electron chi connectivity index (χ0n) is 25.1. The van der Waals surface area contributed by atoms with Crippen LogP contribution < -0.4 is 105 Å². The fraction of sp³-hybridized carbons (Fsp3) is 0.250. The Kier molecular flexibility index (Phi) is 22.3. The second-order valence-electron chi connectivity index (χ2n) is 8.79. The van der Waals surface area contributed by atoms with Crippen molar-refractivity contribution in [2.75, 3.05) is 0 Å². The molecule has 3 aromatic carbocycles. The van der Waals surface area contributed by atoms with Crippen molar-refractivity contribution in [3.8, 4) is 0 Å². The van der Waals surface area contributed by atoms with E-state index in [4.69, 9.17) is 0 Å². The molecule has 0 N–H and O–H groups in total. The van der Waals surface area contributed by atoms with E-state index in [-0.39, 0.29) is 103 Å². The Bertz CT molecular complexity index is 1530. The fourth-order valence-electron chi connectivity index (χ4n) is 3.35. The Labute approximate surface area is 323 Å². The van der Waals surface area contributed by atoms with Gasteiger partial charge in [-0.05, 0) is 109 Å². The molecule has 0 radical (unpaired) electrons. The van der Waals surface area contributed by atoms with Gasteiger partial charge in [0.2, 0.25) is 0 Å². The molecule has 3 unspecified atom stereocenters. The standard InChI is InChI=1S/3C8H11O3PS.3Na/c3*1-5-3-6(2)8(4-7(5)12)13(9,10)11;;;/h3*3-4H,12H2,1-2H3,(H,9,10,11);;;/q;;;3*+1/p-3. The summed E-state index contributed by atoms with van der Waals surface area (Å²) in [5, 5.41) is 2.21. The largest absolute Gasteiger partial charge is 1.00 e. The molecule has 0 heterocycles. The molecule has 0 aromatic heterocycles. The second kappa shape index (κ2) is 19.5. The van der Waals surface area contributed by atoms with Gasteiger partial charge in [0, 0.05) is 0 Å². The first-order valence-electron chi connectivity index (χ1n) is 10.9. The summed E-state index contributed by atoms with van der Waals surface area (Å²) in [6.45, 7) is 10.4. The molecule has 0 bridgehead atoms. The molecule has 9 nitrogen and oxygen atoms in total. The van der Waals surface area contributed by atoms with E-state index >= 15 is 0 Å². The van der Waals surface area contributed by atoms with Crippen LogP contribution in [0.5, 0.6) is 0 Å². The summed E-state index contributed by atoms with van der Waals surface area (Å²) in [6, 6.07) is 9.22. The van der Waals surface area contributed by atoms with Crippen LogP contribution in [-0.4, -0.2) is 38.9 Å². The molecule has 3 atom stereocenters. The predicted octanol–water partition coefficient (Wildman–Crippen LogP) is -6.86. The number of hydrogen-bond acceptors (Lipinski definition) is 9. The minimum absolute atomic E-state index is 0. The van der Waals surface area contributed by atoms with Crippen molar-refractivity contribution in [1.29, 1.82) is 0 Å². The third kappa shape index (κ3) is 15.1. The molecule has 0 fully saturated rings. The Hall–Kier alpha value is 1.68. The molecule has 0 aliphatic rings. The summed E-state index contributed by atoms with van der Waals surface area (Å²) in [7, 11) is -5.81. The van der Waals surface area contributed by atoms with Gasteiger partial charge in [-0.1, -0.05) is 18.2 Å². The van der Waals surface area contributed by atoms with Gasteiger partial charge in [-0.25, -0.2) is 25.3 Å². The van der Waals surface area contributed by atoms with Gasteiger partial charge in [0.25, 0.3) is 0 Å². The van der Waals surface area contributed by atoms with Crippen LogP contribution in [0.25, 0.3) is 0 Å². The first kappa shape index (κ1) is 48.1. The second-order valence-corrected chi connectivity index (χ2v) is 14.7. The summed E-state index contributed by atoms with van der Waals surface area (Å²) >= 11 is 0. The van der Waals surface area contributed by atoms with E-state index in [2.05, 4.69) is 27.7 Å². The SMILES string of the molecule is Cc1cc(C)c(S(=O)(=O)[O-])cc1P.Cc1cc(C)c(S(=O)(=O)[O-])cc1P.Cc1cc(C)c(S(=O)(=O)[O-])cc1P.[Na+].[Na+].[Na+]. The van der Waals surface area contributed by atoms with Crippen molar-refractivity contribution in [3.63, 3.8) is 0 Å². The predicted molar refractivity (Wildman–Crippen MR) is 160 cm³/mol. The molecule has 3 rings (SSSR count). The van der Waals surface area contributed by atoms with Gasteiger partial charge < -0.3 is 13.7 Å². The molecule has 3 aromatic rings. The van der Waals surface area contributed by atoms with E-state index in [1.54, 1.807) is 39.0 Å². The van der Waals surface area contributed by atoms with E-state index in [1.165, 1.54) is 18.2 Å². The van der Waals surface area contributed by atoms with E-state index in [0.29, 0.717) is 16.7 Å². The van der Waals surface area contributed by atoms with Crippen molar-refractivity contribution in [2.24, 2.45) is 0 Å². The van der Waals surface area contributed by atoms with Gasteiger partial charge in [-0.3, -0.25) is 0 Å². The van der Waals surface area contributed by atoms with Crippen LogP contribution in [-0.2, 0) is 30.4 Å². The molecular formula is C24H30Na3O9P3S3. The Morgan fingerprint density at radius 3 is 0.714 bits per heavy atom. The van der Waals surface area contributed by atoms with Gasteiger partial charge in [-0.2, -0.15) is 0 Å². The summed E-state index contributed by atoms with van der Waals surface area (Å²) < 4.78 is 96.8. The van der Waals surface area contributed by atoms with Crippen LogP contribution in [0.3, 0.4) is 0 Å².